The van der Waals surface area contributed by atoms with Crippen molar-refractivity contribution in [2.45, 2.75) is 25.2 Å². The second kappa shape index (κ2) is 6.51. The predicted octanol–water partition coefficient (Wildman–Crippen LogP) is 2.30. The molecule has 0 radical (unpaired) electrons. The molecule has 26 heavy (non-hydrogen) atoms. The number of hydrogen-bond acceptors (Lipinski definition) is 5. The Morgan fingerprint density at radius 1 is 1.31 bits per heavy atom. The minimum Gasteiger partial charge on any atom is -0.481 e. The van der Waals surface area contributed by atoms with Crippen molar-refractivity contribution in [2.75, 3.05) is 13.1 Å². The molecule has 3 unspecified atom stereocenters. The summed E-state index contributed by atoms with van der Waals surface area (Å²) in [6.45, 7) is 1.05. The first-order chi connectivity index (χ1) is 12.5. The van der Waals surface area contributed by atoms with E-state index >= 15 is 0 Å². The average molecular weight is 359 g/mol. The number of carboxylic acids is 1. The molecule has 0 bridgehead atoms. The maximum absolute atomic E-state index is 13.4. The number of carboxylic acid groups (broad SMARTS) is 1. The lowest BCUT2D eigenvalue weighted by molar-refractivity contribution is -0.142. The number of carbonyl (C=O) groups excluding carboxylic acids is 1. The lowest BCUT2D eigenvalue weighted by Crippen LogP contribution is -2.40. The van der Waals surface area contributed by atoms with E-state index in [0.717, 1.165) is 12.8 Å². The molecule has 2 aromatic rings. The van der Waals surface area contributed by atoms with Crippen LogP contribution in [0.5, 0.6) is 0 Å². The molecular weight excluding hydrogens is 341 g/mol. The molecule has 1 saturated carbocycles. The van der Waals surface area contributed by atoms with Crippen molar-refractivity contribution >= 4 is 11.9 Å². The zero-order valence-electron chi connectivity index (χ0n) is 14.0. The van der Waals surface area contributed by atoms with Crippen molar-refractivity contribution in [1.29, 1.82) is 0 Å². The highest BCUT2D eigenvalue weighted by atomic mass is 19.1. The normalized spacial score (nSPS) is 25.1. The van der Waals surface area contributed by atoms with E-state index in [1.54, 1.807) is 17.0 Å². The molecule has 8 heteroatoms. The number of aliphatic carboxylic acids is 1. The van der Waals surface area contributed by atoms with Crippen molar-refractivity contribution in [3.8, 4) is 11.4 Å². The Morgan fingerprint density at radius 2 is 2.15 bits per heavy atom. The lowest BCUT2D eigenvalue weighted by Gasteiger charge is -2.31. The number of aromatic nitrogens is 2. The summed E-state index contributed by atoms with van der Waals surface area (Å²) >= 11 is 0. The van der Waals surface area contributed by atoms with Crippen LogP contribution in [-0.4, -0.2) is 45.1 Å². The van der Waals surface area contributed by atoms with Crippen molar-refractivity contribution in [3.05, 3.63) is 36.0 Å². The fourth-order valence-electron chi connectivity index (χ4n) is 3.50. The van der Waals surface area contributed by atoms with Crippen molar-refractivity contribution in [3.63, 3.8) is 0 Å². The fraction of sp³-hybridized carbons (Fsp3) is 0.444. The Morgan fingerprint density at radius 3 is 2.88 bits per heavy atom. The van der Waals surface area contributed by atoms with E-state index in [-0.39, 0.29) is 17.6 Å². The summed E-state index contributed by atoms with van der Waals surface area (Å²) in [7, 11) is 0. The van der Waals surface area contributed by atoms with Crippen LogP contribution in [0.2, 0.25) is 0 Å². The van der Waals surface area contributed by atoms with Gasteiger partial charge in [-0.2, -0.15) is 4.98 Å². The number of nitrogens with zero attached hydrogens (tertiary/aromatic N) is 3. The number of amides is 1. The Kier molecular flexibility index (Phi) is 4.18. The first kappa shape index (κ1) is 16.7. The zero-order valence-corrected chi connectivity index (χ0v) is 14.0. The lowest BCUT2D eigenvalue weighted by atomic mass is 9.97. The van der Waals surface area contributed by atoms with Gasteiger partial charge in [0.15, 0.2) is 0 Å². The van der Waals surface area contributed by atoms with Gasteiger partial charge in [-0.25, -0.2) is 4.39 Å². The molecule has 4 rings (SSSR count). The maximum atomic E-state index is 13.4. The molecule has 7 nitrogen and oxygen atoms in total. The van der Waals surface area contributed by atoms with E-state index in [4.69, 9.17) is 9.63 Å². The first-order valence-corrected chi connectivity index (χ1v) is 8.64. The smallest absolute Gasteiger partial charge is 0.307 e. The van der Waals surface area contributed by atoms with Gasteiger partial charge in [0.1, 0.15) is 5.82 Å². The molecule has 1 N–H and O–H groups in total. The minimum absolute atomic E-state index is 0.0930. The van der Waals surface area contributed by atoms with E-state index in [0.29, 0.717) is 36.8 Å². The van der Waals surface area contributed by atoms with Gasteiger partial charge in [-0.3, -0.25) is 9.59 Å². The molecule has 3 atom stereocenters. The molecule has 1 aromatic heterocycles. The average Bonchev–Trinajstić information content (AvgIpc) is 3.30. The highest BCUT2D eigenvalue weighted by Crippen LogP contribution is 2.41. The monoisotopic (exact) mass is 359 g/mol. The van der Waals surface area contributed by atoms with Gasteiger partial charge in [0.05, 0.1) is 17.8 Å². The van der Waals surface area contributed by atoms with Crippen molar-refractivity contribution in [1.82, 2.24) is 15.0 Å². The Balaban J connectivity index is 1.45. The van der Waals surface area contributed by atoms with Gasteiger partial charge in [-0.05, 0) is 31.4 Å². The van der Waals surface area contributed by atoms with Gasteiger partial charge >= 0.3 is 5.97 Å². The fourth-order valence-corrected chi connectivity index (χ4v) is 3.50. The van der Waals surface area contributed by atoms with Crippen LogP contribution in [0, 0.1) is 17.7 Å². The van der Waals surface area contributed by atoms with Gasteiger partial charge in [-0.1, -0.05) is 17.3 Å². The number of likely N-dealkylation sites (tertiary alicyclic amines) is 1. The van der Waals surface area contributed by atoms with Crippen LogP contribution >= 0.6 is 0 Å². The van der Waals surface area contributed by atoms with Crippen LogP contribution in [0.1, 0.15) is 31.1 Å². The largest absolute Gasteiger partial charge is 0.481 e. The van der Waals surface area contributed by atoms with E-state index in [2.05, 4.69) is 10.1 Å². The van der Waals surface area contributed by atoms with Crippen molar-refractivity contribution < 1.29 is 23.6 Å². The second-order valence-electron chi connectivity index (χ2n) is 6.88. The molecule has 2 heterocycles. The van der Waals surface area contributed by atoms with Gasteiger partial charge < -0.3 is 14.5 Å². The van der Waals surface area contributed by atoms with Gasteiger partial charge in [-0.15, -0.1) is 0 Å². The number of hydrogen-bond donors (Lipinski definition) is 1. The number of rotatable bonds is 4. The summed E-state index contributed by atoms with van der Waals surface area (Å²) in [4.78, 5) is 29.5. The predicted molar refractivity (Wildman–Crippen MR) is 87.5 cm³/mol. The molecule has 1 aliphatic carbocycles. The molecule has 2 aliphatic rings. The highest BCUT2D eigenvalue weighted by molar-refractivity contribution is 5.89. The van der Waals surface area contributed by atoms with Crippen LogP contribution < -0.4 is 0 Å². The Labute approximate surface area is 148 Å². The van der Waals surface area contributed by atoms with Crippen LogP contribution in [0.15, 0.2) is 28.8 Å². The number of piperidine rings is 1. The van der Waals surface area contributed by atoms with Crippen LogP contribution in [0.3, 0.4) is 0 Å². The third-order valence-corrected chi connectivity index (χ3v) is 5.03. The first-order valence-electron chi connectivity index (χ1n) is 8.64. The maximum Gasteiger partial charge on any atom is 0.307 e. The number of benzene rings is 1. The SMILES string of the molecule is O=C(O)C1CC1C(=O)N1CCCC(c2nc(-c3cccc(F)c3)no2)C1. The van der Waals surface area contributed by atoms with Gasteiger partial charge in [0.2, 0.25) is 17.6 Å². The molecule has 0 spiro atoms. The quantitative estimate of drug-likeness (QED) is 0.900. The third-order valence-electron chi connectivity index (χ3n) is 5.03. The topological polar surface area (TPSA) is 96.5 Å². The molecular formula is C18H18FN3O4. The van der Waals surface area contributed by atoms with Gasteiger partial charge in [0.25, 0.3) is 0 Å². The van der Waals surface area contributed by atoms with Crippen LogP contribution in [0.25, 0.3) is 11.4 Å². The molecule has 1 amide bonds. The van der Waals surface area contributed by atoms with Crippen molar-refractivity contribution in [2.24, 2.45) is 11.8 Å². The zero-order chi connectivity index (χ0) is 18.3. The molecule has 2 fully saturated rings. The summed E-state index contributed by atoms with van der Waals surface area (Å²) in [5.74, 6) is -1.70. The summed E-state index contributed by atoms with van der Waals surface area (Å²) < 4.78 is 18.7. The van der Waals surface area contributed by atoms with Crippen LogP contribution in [-0.2, 0) is 9.59 Å². The van der Waals surface area contributed by atoms with Gasteiger partial charge in [0, 0.05) is 18.7 Å². The van der Waals surface area contributed by atoms with Crippen LogP contribution in [0.4, 0.5) is 4.39 Å². The summed E-state index contributed by atoms with van der Waals surface area (Å²) in [6, 6.07) is 5.96. The minimum atomic E-state index is -0.909. The second-order valence-corrected chi connectivity index (χ2v) is 6.88. The molecule has 136 valence electrons. The number of halogens is 1. The highest BCUT2D eigenvalue weighted by Gasteiger charge is 2.50. The Hall–Kier alpha value is -2.77. The Bertz CT molecular complexity index is 852. The third kappa shape index (κ3) is 3.18. The standard InChI is InChI=1S/C18H18FN3O4/c19-12-5-1-3-10(7-12)15-20-16(26-21-15)11-4-2-6-22(9-11)17(23)13-8-14(13)18(24)25/h1,3,5,7,11,13-14H,2,4,6,8-9H2,(H,24,25). The number of carbonyl (C=O) groups is 2. The van der Waals surface area contributed by atoms with E-state index < -0.39 is 17.8 Å². The molecule has 1 aromatic carbocycles. The van der Waals surface area contributed by atoms with E-state index in [1.807, 2.05) is 0 Å². The summed E-state index contributed by atoms with van der Waals surface area (Å²) in [6.07, 6.45) is 2.01. The summed E-state index contributed by atoms with van der Waals surface area (Å²) in [5, 5.41) is 12.9. The van der Waals surface area contributed by atoms with E-state index in [9.17, 15) is 14.0 Å². The summed E-state index contributed by atoms with van der Waals surface area (Å²) in [5.41, 5.74) is 0.533. The molecule has 1 saturated heterocycles. The van der Waals surface area contributed by atoms with E-state index in [1.165, 1.54) is 12.1 Å². The molecule has 1 aliphatic heterocycles.